The van der Waals surface area contributed by atoms with Crippen LogP contribution in [0.4, 0.5) is 0 Å². The summed E-state index contributed by atoms with van der Waals surface area (Å²) in [5.74, 6) is -10.1. The van der Waals surface area contributed by atoms with Crippen LogP contribution >= 0.6 is 0 Å². The number of allylic oxidation sites excluding steroid dienone is 3. The van der Waals surface area contributed by atoms with Crippen molar-refractivity contribution in [2.45, 2.75) is 86.7 Å². The average Bonchev–Trinajstić information content (AvgIpc) is 2.76. The number of carboxylic acids is 4. The van der Waals surface area contributed by atoms with Gasteiger partial charge in [-0.2, -0.15) is 0 Å². The lowest BCUT2D eigenvalue weighted by atomic mass is 9.84. The van der Waals surface area contributed by atoms with E-state index in [-0.39, 0.29) is 17.9 Å². The van der Waals surface area contributed by atoms with E-state index < -0.39 is 47.8 Å². The summed E-state index contributed by atoms with van der Waals surface area (Å²) < 4.78 is 4.68. The second-order valence-corrected chi connectivity index (χ2v) is 10.7. The highest BCUT2D eigenvalue weighted by molar-refractivity contribution is 5.99. The minimum absolute atomic E-state index is 0.120. The van der Waals surface area contributed by atoms with Crippen molar-refractivity contribution in [3.05, 3.63) is 23.3 Å². The first-order chi connectivity index (χ1) is 17.5. The van der Waals surface area contributed by atoms with Crippen molar-refractivity contribution in [2.24, 2.45) is 35.5 Å². The number of carbonyl (C=O) groups excluding carboxylic acids is 1. The summed E-state index contributed by atoms with van der Waals surface area (Å²) in [6.07, 6.45) is 5.01. The van der Waals surface area contributed by atoms with Gasteiger partial charge in [0.25, 0.3) is 0 Å². The Bertz CT molecular complexity index is 889. The van der Waals surface area contributed by atoms with Gasteiger partial charge in [-0.15, -0.1) is 0 Å². The van der Waals surface area contributed by atoms with E-state index in [1.165, 1.54) is 19.4 Å². The normalized spacial score (nSPS) is 17.2. The van der Waals surface area contributed by atoms with Crippen LogP contribution in [0.2, 0.25) is 0 Å². The van der Waals surface area contributed by atoms with Crippen molar-refractivity contribution in [3.63, 3.8) is 0 Å². The Morgan fingerprint density at radius 1 is 0.763 bits per heavy atom. The Hall–Kier alpha value is -3.17. The Morgan fingerprint density at radius 2 is 1.26 bits per heavy atom. The number of carbonyl (C=O) groups is 5. The molecule has 10 heteroatoms. The largest absolute Gasteiger partial charge is 0.480 e. The van der Waals surface area contributed by atoms with E-state index in [1.807, 2.05) is 6.08 Å². The molecule has 0 aromatic heterocycles. The molecule has 0 aliphatic heterocycles. The van der Waals surface area contributed by atoms with E-state index in [2.05, 4.69) is 39.4 Å². The van der Waals surface area contributed by atoms with Gasteiger partial charge in [-0.1, -0.05) is 59.6 Å². The molecule has 38 heavy (non-hydrogen) atoms. The van der Waals surface area contributed by atoms with Gasteiger partial charge in [0.15, 0.2) is 0 Å². The molecule has 4 N–H and O–H groups in total. The van der Waals surface area contributed by atoms with Crippen LogP contribution in [-0.4, -0.2) is 56.4 Å². The van der Waals surface area contributed by atoms with E-state index in [0.717, 1.165) is 19.3 Å². The summed E-state index contributed by atoms with van der Waals surface area (Å²) in [6, 6.07) is 0. The molecular weight excluding hydrogens is 496 g/mol. The number of aliphatic carboxylic acids is 4. The average molecular weight is 541 g/mol. The van der Waals surface area contributed by atoms with E-state index in [0.29, 0.717) is 23.3 Å². The molecule has 0 spiro atoms. The molecule has 0 fully saturated rings. The van der Waals surface area contributed by atoms with Crippen molar-refractivity contribution in [1.82, 2.24) is 0 Å². The molecule has 0 heterocycles. The summed E-state index contributed by atoms with van der Waals surface area (Å²) in [5.41, 5.74) is 0.570. The summed E-state index contributed by atoms with van der Waals surface area (Å²) >= 11 is 0. The molecule has 0 aliphatic carbocycles. The number of ether oxygens (including phenoxy) is 1. The zero-order chi connectivity index (χ0) is 29.7. The van der Waals surface area contributed by atoms with Crippen molar-refractivity contribution in [1.29, 1.82) is 0 Å². The fraction of sp³-hybridized carbons (Fsp3) is 0.679. The molecule has 10 nitrogen and oxygen atoms in total. The number of rotatable bonds is 18. The SMILES string of the molecule is CCC(C)CC(C)CC(C)CC(C)/C=C(C)/C=C(/CC(C)C(=O)OC(C(=O)O)C(C(=O)O)C(=O)O)C(=O)O. The van der Waals surface area contributed by atoms with Gasteiger partial charge < -0.3 is 25.2 Å². The van der Waals surface area contributed by atoms with Crippen molar-refractivity contribution in [2.75, 3.05) is 0 Å². The molecule has 6 unspecified atom stereocenters. The van der Waals surface area contributed by atoms with Crippen LogP contribution < -0.4 is 0 Å². The zero-order valence-electron chi connectivity index (χ0n) is 23.5. The van der Waals surface area contributed by atoms with Crippen LogP contribution in [0.25, 0.3) is 0 Å². The molecule has 0 aromatic rings. The highest BCUT2D eigenvalue weighted by Gasteiger charge is 2.43. The summed E-state index contributed by atoms with van der Waals surface area (Å²) in [4.78, 5) is 57.9. The second-order valence-electron chi connectivity index (χ2n) is 10.7. The fourth-order valence-electron chi connectivity index (χ4n) is 4.70. The molecule has 0 rings (SSSR count). The molecular formula is C28H44O10. The molecule has 0 aliphatic rings. The Morgan fingerprint density at radius 3 is 1.71 bits per heavy atom. The number of carboxylic acid groups (broad SMARTS) is 4. The molecule has 216 valence electrons. The monoisotopic (exact) mass is 540 g/mol. The molecule has 6 atom stereocenters. The molecule has 0 radical (unpaired) electrons. The predicted molar refractivity (Wildman–Crippen MR) is 140 cm³/mol. The third-order valence-corrected chi connectivity index (χ3v) is 6.55. The van der Waals surface area contributed by atoms with Gasteiger partial charge in [0.05, 0.1) is 5.92 Å². The maximum atomic E-state index is 12.4. The zero-order valence-corrected chi connectivity index (χ0v) is 23.5. The third-order valence-electron chi connectivity index (χ3n) is 6.55. The summed E-state index contributed by atoms with van der Waals surface area (Å²) in [7, 11) is 0. The van der Waals surface area contributed by atoms with Gasteiger partial charge in [-0.25, -0.2) is 9.59 Å². The van der Waals surface area contributed by atoms with Gasteiger partial charge in [0.2, 0.25) is 12.0 Å². The lowest BCUT2D eigenvalue weighted by Crippen LogP contribution is -2.44. The van der Waals surface area contributed by atoms with Gasteiger partial charge in [0, 0.05) is 5.57 Å². The summed E-state index contributed by atoms with van der Waals surface area (Å²) in [5, 5.41) is 36.9. The van der Waals surface area contributed by atoms with Gasteiger partial charge in [0.1, 0.15) is 0 Å². The first kappa shape index (κ1) is 34.8. The van der Waals surface area contributed by atoms with Gasteiger partial charge >= 0.3 is 29.8 Å². The smallest absolute Gasteiger partial charge is 0.346 e. The number of hydrogen-bond donors (Lipinski definition) is 4. The summed E-state index contributed by atoms with van der Waals surface area (Å²) in [6.45, 7) is 14.0. The Balaban J connectivity index is 5.38. The van der Waals surface area contributed by atoms with Crippen LogP contribution in [0.5, 0.6) is 0 Å². The molecule has 0 amide bonds. The molecule has 0 saturated carbocycles. The minimum atomic E-state index is -2.51. The maximum absolute atomic E-state index is 12.4. The topological polar surface area (TPSA) is 176 Å². The second kappa shape index (κ2) is 16.6. The Labute approximate surface area is 224 Å². The van der Waals surface area contributed by atoms with E-state index in [4.69, 9.17) is 10.2 Å². The highest BCUT2D eigenvalue weighted by Crippen LogP contribution is 2.26. The molecule has 0 aromatic carbocycles. The van der Waals surface area contributed by atoms with Gasteiger partial charge in [-0.3, -0.25) is 14.4 Å². The fourth-order valence-corrected chi connectivity index (χ4v) is 4.70. The van der Waals surface area contributed by atoms with Crippen molar-refractivity contribution < 1.29 is 49.1 Å². The quantitative estimate of drug-likeness (QED) is 0.0811. The van der Waals surface area contributed by atoms with Crippen molar-refractivity contribution in [3.8, 4) is 0 Å². The van der Waals surface area contributed by atoms with Crippen LogP contribution in [0, 0.1) is 35.5 Å². The van der Waals surface area contributed by atoms with Gasteiger partial charge in [-0.05, 0) is 62.4 Å². The minimum Gasteiger partial charge on any atom is -0.480 e. The van der Waals surface area contributed by atoms with E-state index >= 15 is 0 Å². The maximum Gasteiger partial charge on any atom is 0.346 e. The third kappa shape index (κ3) is 12.9. The molecule has 0 bridgehead atoms. The predicted octanol–water partition coefficient (Wildman–Crippen LogP) is 4.88. The number of esters is 1. The molecule has 0 saturated heterocycles. The van der Waals surface area contributed by atoms with E-state index in [1.54, 1.807) is 6.92 Å². The van der Waals surface area contributed by atoms with E-state index in [9.17, 15) is 34.2 Å². The Kier molecular flexibility index (Phi) is 15.2. The van der Waals surface area contributed by atoms with Crippen LogP contribution in [-0.2, 0) is 28.7 Å². The first-order valence-electron chi connectivity index (χ1n) is 13.0. The van der Waals surface area contributed by atoms with Crippen LogP contribution in [0.1, 0.15) is 80.6 Å². The lowest BCUT2D eigenvalue weighted by molar-refractivity contribution is -0.180. The lowest BCUT2D eigenvalue weighted by Gasteiger charge is -2.21. The van der Waals surface area contributed by atoms with Crippen molar-refractivity contribution >= 4 is 29.8 Å². The number of hydrogen-bond acceptors (Lipinski definition) is 6. The standard InChI is InChI=1S/C28H44O10/c1-8-15(2)9-16(3)10-17(4)11-18(5)12-19(6)13-21(24(29)30)14-20(7)28(37)38-23(27(35)36)22(25(31)32)26(33)34/h12-13,15-18,20,22-23H,8-11,14H2,1-7H3,(H,29,30)(H,31,32)(H,33,34)(H,35,36)/b19-12+,21-13-. The first-order valence-corrected chi connectivity index (χ1v) is 13.0. The van der Waals surface area contributed by atoms with Crippen LogP contribution in [0.3, 0.4) is 0 Å². The van der Waals surface area contributed by atoms with Crippen LogP contribution in [0.15, 0.2) is 23.3 Å². The highest BCUT2D eigenvalue weighted by atomic mass is 16.6.